The van der Waals surface area contributed by atoms with Gasteiger partial charge in [-0.25, -0.2) is 0 Å². The Bertz CT molecular complexity index is 337. The van der Waals surface area contributed by atoms with Gasteiger partial charge < -0.3 is 10.2 Å². The molecule has 1 aliphatic rings. The van der Waals surface area contributed by atoms with Gasteiger partial charge in [0, 0.05) is 25.8 Å². The third kappa shape index (κ3) is 4.10. The highest BCUT2D eigenvalue weighted by molar-refractivity contribution is 6.00. The fourth-order valence-corrected chi connectivity index (χ4v) is 1.55. The summed E-state index contributed by atoms with van der Waals surface area (Å²) in [4.78, 5) is 13.6. The normalized spacial score (nSPS) is 13.0. The molecule has 0 radical (unpaired) electrons. The molecule has 0 aliphatic carbocycles. The average molecular weight is 236 g/mol. The number of hydrogen-bond acceptors (Lipinski definition) is 2. The van der Waals surface area contributed by atoms with Crippen molar-refractivity contribution in [3.05, 3.63) is 29.8 Å². The molecule has 0 atom stereocenters. The predicted octanol–water partition coefficient (Wildman–Crippen LogP) is 2.92. The molecule has 1 heterocycles. The Labute approximate surface area is 105 Å². The zero-order valence-electron chi connectivity index (χ0n) is 11.6. The smallest absolute Gasteiger partial charge is 0.253 e. The topological polar surface area (TPSA) is 32.3 Å². The number of benzene rings is 1. The molecule has 1 aromatic carbocycles. The van der Waals surface area contributed by atoms with Crippen LogP contribution in [0.3, 0.4) is 0 Å². The maximum absolute atomic E-state index is 11.5. The van der Waals surface area contributed by atoms with Crippen molar-refractivity contribution in [3.8, 4) is 0 Å². The van der Waals surface area contributed by atoms with Crippen LogP contribution in [0.25, 0.3) is 0 Å². The number of amides is 1. The maximum Gasteiger partial charge on any atom is 0.253 e. The number of hydrogen-bond donors (Lipinski definition) is 1. The van der Waals surface area contributed by atoms with E-state index in [1.807, 2.05) is 59.0 Å². The van der Waals surface area contributed by atoms with Crippen molar-refractivity contribution in [1.29, 1.82) is 0 Å². The van der Waals surface area contributed by atoms with E-state index in [1.54, 1.807) is 0 Å². The molecule has 0 fully saturated rings. The van der Waals surface area contributed by atoms with Crippen LogP contribution in [-0.2, 0) is 0 Å². The van der Waals surface area contributed by atoms with Crippen molar-refractivity contribution in [2.45, 2.75) is 27.7 Å². The third-order valence-corrected chi connectivity index (χ3v) is 2.29. The fraction of sp³-hybridized carbons (Fsp3) is 0.500. The number of nitrogens with zero attached hydrogens (tertiary/aromatic N) is 1. The van der Waals surface area contributed by atoms with Crippen LogP contribution in [0, 0.1) is 0 Å². The summed E-state index contributed by atoms with van der Waals surface area (Å²) in [5.74, 6) is 0.0277. The number of fused-ring (bicyclic) bond motifs is 1. The SMILES string of the molecule is CC.CC.CN1CCNC(=O)c2ccccc21. The number of anilines is 1. The summed E-state index contributed by atoms with van der Waals surface area (Å²) in [5.41, 5.74) is 1.78. The van der Waals surface area contributed by atoms with E-state index in [1.165, 1.54) is 0 Å². The van der Waals surface area contributed by atoms with Crippen LogP contribution in [0.2, 0.25) is 0 Å². The summed E-state index contributed by atoms with van der Waals surface area (Å²) in [6.07, 6.45) is 0. The summed E-state index contributed by atoms with van der Waals surface area (Å²) in [7, 11) is 2.00. The predicted molar refractivity (Wildman–Crippen MR) is 74.7 cm³/mol. The van der Waals surface area contributed by atoms with Crippen LogP contribution in [0.4, 0.5) is 5.69 Å². The van der Waals surface area contributed by atoms with Crippen molar-refractivity contribution in [2.75, 3.05) is 25.0 Å². The number of likely N-dealkylation sites (N-methyl/N-ethyl adjacent to an activating group) is 1. The molecule has 17 heavy (non-hydrogen) atoms. The molecule has 1 aromatic rings. The lowest BCUT2D eigenvalue weighted by molar-refractivity contribution is 0.0958. The molecule has 2 rings (SSSR count). The molecular formula is C14H24N2O. The highest BCUT2D eigenvalue weighted by atomic mass is 16.1. The van der Waals surface area contributed by atoms with Gasteiger partial charge in [0.05, 0.1) is 5.56 Å². The van der Waals surface area contributed by atoms with E-state index in [9.17, 15) is 4.79 Å². The molecule has 3 heteroatoms. The molecule has 1 N–H and O–H groups in total. The first-order chi connectivity index (χ1) is 8.29. The Morgan fingerprint density at radius 3 is 2.35 bits per heavy atom. The van der Waals surface area contributed by atoms with Gasteiger partial charge in [0.2, 0.25) is 0 Å². The van der Waals surface area contributed by atoms with Crippen LogP contribution in [-0.4, -0.2) is 26.0 Å². The molecule has 0 saturated carbocycles. The largest absolute Gasteiger partial charge is 0.372 e. The Balaban J connectivity index is 0.000000581. The van der Waals surface area contributed by atoms with E-state index in [0.29, 0.717) is 6.54 Å². The first-order valence-corrected chi connectivity index (χ1v) is 6.37. The highest BCUT2D eigenvalue weighted by Crippen LogP contribution is 2.19. The first-order valence-electron chi connectivity index (χ1n) is 6.37. The van der Waals surface area contributed by atoms with Crippen LogP contribution in [0.15, 0.2) is 24.3 Å². The van der Waals surface area contributed by atoms with Crippen LogP contribution in [0.5, 0.6) is 0 Å². The minimum absolute atomic E-state index is 0.0277. The Kier molecular flexibility index (Phi) is 7.85. The summed E-state index contributed by atoms with van der Waals surface area (Å²) < 4.78 is 0. The van der Waals surface area contributed by atoms with Gasteiger partial charge in [-0.15, -0.1) is 0 Å². The van der Waals surface area contributed by atoms with Gasteiger partial charge in [-0.05, 0) is 12.1 Å². The number of nitrogens with one attached hydrogen (secondary N) is 1. The Morgan fingerprint density at radius 2 is 1.71 bits per heavy atom. The van der Waals surface area contributed by atoms with E-state index in [0.717, 1.165) is 17.8 Å². The Hall–Kier alpha value is -1.51. The summed E-state index contributed by atoms with van der Waals surface area (Å²) >= 11 is 0. The second kappa shape index (κ2) is 8.62. The lowest BCUT2D eigenvalue weighted by atomic mass is 10.1. The zero-order valence-corrected chi connectivity index (χ0v) is 11.6. The first kappa shape index (κ1) is 15.5. The Morgan fingerprint density at radius 1 is 1.12 bits per heavy atom. The molecule has 1 amide bonds. The zero-order chi connectivity index (χ0) is 13.3. The number of carbonyl (C=O) groups is 1. The summed E-state index contributed by atoms with van der Waals surface area (Å²) in [5, 5.41) is 2.85. The minimum Gasteiger partial charge on any atom is -0.372 e. The van der Waals surface area contributed by atoms with E-state index >= 15 is 0 Å². The van der Waals surface area contributed by atoms with Gasteiger partial charge in [0.1, 0.15) is 0 Å². The maximum atomic E-state index is 11.5. The van der Waals surface area contributed by atoms with E-state index in [-0.39, 0.29) is 5.91 Å². The quantitative estimate of drug-likeness (QED) is 0.751. The number of para-hydroxylation sites is 1. The molecule has 0 saturated heterocycles. The molecule has 0 spiro atoms. The van der Waals surface area contributed by atoms with Crippen LogP contribution < -0.4 is 10.2 Å². The summed E-state index contributed by atoms with van der Waals surface area (Å²) in [6, 6.07) is 7.66. The third-order valence-electron chi connectivity index (χ3n) is 2.29. The van der Waals surface area contributed by atoms with Crippen LogP contribution in [0.1, 0.15) is 38.1 Å². The van der Waals surface area contributed by atoms with E-state index in [2.05, 4.69) is 10.2 Å². The molecule has 0 aromatic heterocycles. The minimum atomic E-state index is 0.0277. The fourth-order valence-electron chi connectivity index (χ4n) is 1.55. The van der Waals surface area contributed by atoms with Gasteiger partial charge >= 0.3 is 0 Å². The lowest BCUT2D eigenvalue weighted by Crippen LogP contribution is -2.27. The van der Waals surface area contributed by atoms with Crippen molar-refractivity contribution < 1.29 is 4.79 Å². The van der Waals surface area contributed by atoms with Crippen LogP contribution >= 0.6 is 0 Å². The van der Waals surface area contributed by atoms with Crippen molar-refractivity contribution >= 4 is 11.6 Å². The van der Waals surface area contributed by atoms with Gasteiger partial charge in [-0.3, -0.25) is 4.79 Å². The monoisotopic (exact) mass is 236 g/mol. The standard InChI is InChI=1S/C10H12N2O.2C2H6/c1-12-7-6-11-10(13)8-4-2-3-5-9(8)12;2*1-2/h2-5H,6-7H2,1H3,(H,11,13);2*1-2H3. The average Bonchev–Trinajstić information content (AvgIpc) is 2.56. The summed E-state index contributed by atoms with van der Waals surface area (Å²) in [6.45, 7) is 9.58. The molecular weight excluding hydrogens is 212 g/mol. The molecule has 3 nitrogen and oxygen atoms in total. The molecule has 1 aliphatic heterocycles. The van der Waals surface area contributed by atoms with Gasteiger partial charge in [0.25, 0.3) is 5.91 Å². The lowest BCUT2D eigenvalue weighted by Gasteiger charge is -2.17. The van der Waals surface area contributed by atoms with E-state index < -0.39 is 0 Å². The highest BCUT2D eigenvalue weighted by Gasteiger charge is 2.16. The second-order valence-corrected chi connectivity index (χ2v) is 3.19. The molecule has 96 valence electrons. The molecule has 0 bridgehead atoms. The molecule has 0 unspecified atom stereocenters. The number of carbonyl (C=O) groups excluding carboxylic acids is 1. The van der Waals surface area contributed by atoms with E-state index in [4.69, 9.17) is 0 Å². The van der Waals surface area contributed by atoms with Crippen molar-refractivity contribution in [1.82, 2.24) is 5.32 Å². The van der Waals surface area contributed by atoms with Crippen molar-refractivity contribution in [2.24, 2.45) is 0 Å². The number of rotatable bonds is 0. The van der Waals surface area contributed by atoms with Gasteiger partial charge in [-0.2, -0.15) is 0 Å². The van der Waals surface area contributed by atoms with Gasteiger partial charge in [0.15, 0.2) is 0 Å². The van der Waals surface area contributed by atoms with Gasteiger partial charge in [-0.1, -0.05) is 39.8 Å². The second-order valence-electron chi connectivity index (χ2n) is 3.19. The van der Waals surface area contributed by atoms with Crippen molar-refractivity contribution in [3.63, 3.8) is 0 Å².